The molecular weight excluding hydrogens is 623 g/mol. The van der Waals surface area contributed by atoms with Gasteiger partial charge in [-0.25, -0.2) is 9.98 Å². The summed E-state index contributed by atoms with van der Waals surface area (Å²) < 4.78 is 9.07. The molecular formula is C47H33N3O. The van der Waals surface area contributed by atoms with E-state index in [1.165, 1.54) is 21.5 Å². The Morgan fingerprint density at radius 3 is 2.04 bits per heavy atom. The molecule has 0 saturated heterocycles. The number of nitrogens with zero attached hydrogens (tertiary/aromatic N) is 3. The Morgan fingerprint density at radius 1 is 0.569 bits per heavy atom. The van der Waals surface area contributed by atoms with E-state index >= 15 is 0 Å². The van der Waals surface area contributed by atoms with Gasteiger partial charge < -0.3 is 8.98 Å². The number of furan rings is 1. The summed E-state index contributed by atoms with van der Waals surface area (Å²) in [5.41, 5.74) is 10.1. The van der Waals surface area contributed by atoms with Gasteiger partial charge in [0.05, 0.1) is 28.1 Å². The molecule has 0 saturated carbocycles. The third-order valence-corrected chi connectivity index (χ3v) is 10.2. The molecule has 3 heterocycles. The first-order valence-electron chi connectivity index (χ1n) is 17.6. The van der Waals surface area contributed by atoms with Crippen LogP contribution in [0.2, 0.25) is 0 Å². The van der Waals surface area contributed by atoms with Gasteiger partial charge in [0.2, 0.25) is 0 Å². The number of hydrogen-bond acceptors (Lipinski definition) is 3. The predicted molar refractivity (Wildman–Crippen MR) is 213 cm³/mol. The number of aromatic nitrogens is 1. The van der Waals surface area contributed by atoms with Gasteiger partial charge in [0.15, 0.2) is 5.84 Å². The summed E-state index contributed by atoms with van der Waals surface area (Å²) in [4.78, 5) is 10.8. The van der Waals surface area contributed by atoms with Crippen LogP contribution in [-0.2, 0) is 0 Å². The van der Waals surface area contributed by atoms with E-state index in [2.05, 4.69) is 157 Å². The molecule has 4 nitrogen and oxygen atoms in total. The van der Waals surface area contributed by atoms with Crippen LogP contribution < -0.4 is 0 Å². The molecule has 0 spiro atoms. The van der Waals surface area contributed by atoms with Crippen molar-refractivity contribution >= 4 is 71.8 Å². The molecule has 0 fully saturated rings. The molecule has 2 aromatic heterocycles. The van der Waals surface area contributed by atoms with E-state index in [-0.39, 0.29) is 5.92 Å². The molecule has 51 heavy (non-hydrogen) atoms. The fourth-order valence-corrected chi connectivity index (χ4v) is 7.75. The van der Waals surface area contributed by atoms with Gasteiger partial charge >= 0.3 is 0 Å². The summed E-state index contributed by atoms with van der Waals surface area (Å²) in [5.74, 6) is 0.786. The molecule has 9 aromatic rings. The lowest BCUT2D eigenvalue weighted by atomic mass is 9.90. The average Bonchev–Trinajstić information content (AvgIpc) is 3.71. The molecule has 4 heteroatoms. The molecule has 0 amide bonds. The SMILES string of the molecule is C[C@@H]1C/C=C(c2ccccc2)/N=C(c2ccccc2)\N=C/1c1cc(-n2c3ccccc3c3cc4ccccc4cc32)cc2oc3ccccc3c12. The molecule has 0 bridgehead atoms. The van der Waals surface area contributed by atoms with Crippen LogP contribution in [0.3, 0.4) is 0 Å². The number of amidine groups is 1. The maximum Gasteiger partial charge on any atom is 0.160 e. The normalized spacial score (nSPS) is 18.3. The van der Waals surface area contributed by atoms with E-state index < -0.39 is 0 Å². The van der Waals surface area contributed by atoms with Crippen molar-refractivity contribution in [1.82, 2.24) is 4.57 Å². The van der Waals surface area contributed by atoms with E-state index in [9.17, 15) is 0 Å². The number of aliphatic imine (C=N–C) groups is 2. The Kier molecular flexibility index (Phi) is 6.81. The van der Waals surface area contributed by atoms with Crippen LogP contribution in [0.1, 0.15) is 30.0 Å². The molecule has 0 N–H and O–H groups in total. The molecule has 1 aliphatic rings. The summed E-state index contributed by atoms with van der Waals surface area (Å²) in [6.07, 6.45) is 3.06. The minimum atomic E-state index is 0.0899. The van der Waals surface area contributed by atoms with E-state index in [0.29, 0.717) is 5.84 Å². The zero-order chi connectivity index (χ0) is 33.9. The highest BCUT2D eigenvalue weighted by molar-refractivity contribution is 6.23. The lowest BCUT2D eigenvalue weighted by Gasteiger charge is -2.20. The van der Waals surface area contributed by atoms with Crippen LogP contribution in [0.25, 0.3) is 65.9 Å². The number of rotatable bonds is 4. The number of benzene rings is 7. The van der Waals surface area contributed by atoms with Crippen molar-refractivity contribution in [1.29, 1.82) is 0 Å². The van der Waals surface area contributed by atoms with Crippen LogP contribution >= 0.6 is 0 Å². The highest BCUT2D eigenvalue weighted by atomic mass is 16.3. The third kappa shape index (κ3) is 4.91. The van der Waals surface area contributed by atoms with Gasteiger partial charge in [-0.2, -0.15) is 0 Å². The Morgan fingerprint density at radius 2 is 1.24 bits per heavy atom. The smallest absolute Gasteiger partial charge is 0.160 e. The summed E-state index contributed by atoms with van der Waals surface area (Å²) in [5, 5.41) is 7.04. The number of para-hydroxylation sites is 2. The maximum atomic E-state index is 6.68. The van der Waals surface area contributed by atoms with Gasteiger partial charge in [-0.1, -0.05) is 134 Å². The monoisotopic (exact) mass is 655 g/mol. The van der Waals surface area contributed by atoms with Crippen molar-refractivity contribution in [2.75, 3.05) is 0 Å². The Balaban J connectivity index is 1.28. The molecule has 0 radical (unpaired) electrons. The molecule has 10 rings (SSSR count). The molecule has 0 unspecified atom stereocenters. The van der Waals surface area contributed by atoms with Crippen LogP contribution in [0.5, 0.6) is 0 Å². The standard InChI is InChI=1S/C47H33N3O/c1-30-24-25-40(31-14-4-2-5-15-31)48-47(32-16-6-3-7-17-32)49-46(30)39-28-35(29-44-45(39)37-21-11-13-23-43(37)51-44)50-41-22-12-10-20-36(41)38-26-33-18-8-9-19-34(33)27-42(38)50/h2-23,25-30H,24H2,1H3/b40-25+,48-47-,49-46+/t30-/m1/s1. The number of hydrogen-bond donors (Lipinski definition) is 0. The number of fused-ring (bicyclic) bond motifs is 7. The van der Waals surface area contributed by atoms with Crippen molar-refractivity contribution in [3.8, 4) is 5.69 Å². The first-order valence-corrected chi connectivity index (χ1v) is 17.6. The highest BCUT2D eigenvalue weighted by Gasteiger charge is 2.24. The lowest BCUT2D eigenvalue weighted by molar-refractivity contribution is 0.668. The Bertz CT molecular complexity index is 2890. The van der Waals surface area contributed by atoms with Gasteiger partial charge in [-0.15, -0.1) is 0 Å². The molecule has 0 aliphatic carbocycles. The quantitative estimate of drug-likeness (QED) is 0.186. The van der Waals surface area contributed by atoms with Crippen molar-refractivity contribution in [3.63, 3.8) is 0 Å². The van der Waals surface area contributed by atoms with Crippen LogP contribution in [-0.4, -0.2) is 16.1 Å². The average molecular weight is 656 g/mol. The van der Waals surface area contributed by atoms with Crippen molar-refractivity contribution in [2.24, 2.45) is 15.9 Å². The van der Waals surface area contributed by atoms with Crippen LogP contribution in [0.15, 0.2) is 178 Å². The van der Waals surface area contributed by atoms with E-state index in [1.807, 2.05) is 18.2 Å². The summed E-state index contributed by atoms with van der Waals surface area (Å²) in [6.45, 7) is 2.28. The fraction of sp³-hybridized carbons (Fsp3) is 0.0638. The molecule has 7 aromatic carbocycles. The third-order valence-electron chi connectivity index (χ3n) is 10.2. The first kappa shape index (κ1) is 29.4. The van der Waals surface area contributed by atoms with E-state index in [4.69, 9.17) is 14.4 Å². The molecule has 242 valence electrons. The second kappa shape index (κ2) is 11.8. The second-order valence-electron chi connectivity index (χ2n) is 13.4. The Hall–Kier alpha value is -6.52. The fourth-order valence-electron chi connectivity index (χ4n) is 7.75. The minimum Gasteiger partial charge on any atom is -0.456 e. The minimum absolute atomic E-state index is 0.0899. The first-order chi connectivity index (χ1) is 25.2. The van der Waals surface area contributed by atoms with Gasteiger partial charge in [0.1, 0.15) is 11.2 Å². The van der Waals surface area contributed by atoms with Gasteiger partial charge in [0.25, 0.3) is 0 Å². The maximum absolute atomic E-state index is 6.68. The van der Waals surface area contributed by atoms with Crippen LogP contribution in [0, 0.1) is 5.92 Å². The van der Waals surface area contributed by atoms with Gasteiger partial charge in [-0.3, -0.25) is 0 Å². The van der Waals surface area contributed by atoms with Crippen molar-refractivity contribution < 1.29 is 4.42 Å². The lowest BCUT2D eigenvalue weighted by Crippen LogP contribution is -2.18. The highest BCUT2D eigenvalue weighted by Crippen LogP contribution is 2.40. The summed E-state index contributed by atoms with van der Waals surface area (Å²) in [7, 11) is 0. The Labute approximate surface area is 295 Å². The predicted octanol–water partition coefficient (Wildman–Crippen LogP) is 12.2. The van der Waals surface area contributed by atoms with Crippen molar-refractivity contribution in [3.05, 3.63) is 180 Å². The largest absolute Gasteiger partial charge is 0.456 e. The topological polar surface area (TPSA) is 42.8 Å². The zero-order valence-corrected chi connectivity index (χ0v) is 28.1. The number of allylic oxidation sites excluding steroid dienone is 1. The molecule has 1 atom stereocenters. The van der Waals surface area contributed by atoms with E-state index in [1.54, 1.807) is 0 Å². The second-order valence-corrected chi connectivity index (χ2v) is 13.4. The van der Waals surface area contributed by atoms with Gasteiger partial charge in [-0.05, 0) is 53.1 Å². The van der Waals surface area contributed by atoms with Crippen molar-refractivity contribution in [2.45, 2.75) is 13.3 Å². The van der Waals surface area contributed by atoms with Gasteiger partial charge in [0, 0.05) is 44.7 Å². The molecule has 1 aliphatic heterocycles. The van der Waals surface area contributed by atoms with E-state index in [0.717, 1.165) is 73.2 Å². The summed E-state index contributed by atoms with van der Waals surface area (Å²) >= 11 is 0. The van der Waals surface area contributed by atoms with Crippen LogP contribution in [0.4, 0.5) is 0 Å². The summed E-state index contributed by atoms with van der Waals surface area (Å²) in [6, 6.07) is 55.5. The zero-order valence-electron chi connectivity index (χ0n) is 28.1.